The van der Waals surface area contributed by atoms with Gasteiger partial charge in [-0.2, -0.15) is 0 Å². The maximum absolute atomic E-state index is 13.6. The number of nitrogens with one attached hydrogen (secondary N) is 1. The van der Waals surface area contributed by atoms with Gasteiger partial charge in [-0.05, 0) is 31.0 Å². The van der Waals surface area contributed by atoms with Crippen molar-refractivity contribution in [3.8, 4) is 0 Å². The van der Waals surface area contributed by atoms with Crippen LogP contribution in [-0.2, 0) is 14.8 Å². The van der Waals surface area contributed by atoms with Gasteiger partial charge in [0.1, 0.15) is 5.82 Å². The fraction of sp³-hybridized carbons (Fsp3) is 0.417. The van der Waals surface area contributed by atoms with Crippen molar-refractivity contribution in [3.05, 3.63) is 29.6 Å². The van der Waals surface area contributed by atoms with Crippen molar-refractivity contribution in [1.29, 1.82) is 0 Å². The molecule has 1 saturated heterocycles. The van der Waals surface area contributed by atoms with Gasteiger partial charge in [-0.25, -0.2) is 17.9 Å². The van der Waals surface area contributed by atoms with E-state index in [1.165, 1.54) is 0 Å². The first kappa shape index (κ1) is 14.9. The van der Waals surface area contributed by atoms with Gasteiger partial charge in [-0.1, -0.05) is 0 Å². The summed E-state index contributed by atoms with van der Waals surface area (Å²) in [5.41, 5.74) is -0.345. The number of nitrogens with two attached hydrogens (primary N) is 1. The number of sulfonamides is 1. The summed E-state index contributed by atoms with van der Waals surface area (Å²) >= 11 is 0. The zero-order chi connectivity index (χ0) is 14.8. The lowest BCUT2D eigenvalue weighted by molar-refractivity contribution is 0.0622. The Morgan fingerprint density at radius 3 is 2.80 bits per heavy atom. The Labute approximate surface area is 116 Å². The summed E-state index contributed by atoms with van der Waals surface area (Å²) in [6.45, 7) is 1.00. The summed E-state index contributed by atoms with van der Waals surface area (Å²) in [6, 6.07) is 2.66. The van der Waals surface area contributed by atoms with Crippen LogP contribution < -0.4 is 10.5 Å². The zero-order valence-electron chi connectivity index (χ0n) is 10.6. The number of amides is 1. The van der Waals surface area contributed by atoms with Crippen molar-refractivity contribution in [2.45, 2.75) is 23.8 Å². The number of ether oxygens (including phenoxy) is 1. The van der Waals surface area contributed by atoms with Gasteiger partial charge in [0.05, 0.1) is 23.1 Å². The number of carbonyl (C=O) groups is 1. The van der Waals surface area contributed by atoms with E-state index in [4.69, 9.17) is 9.88 Å². The molecule has 6 nitrogen and oxygen atoms in total. The molecular formula is C12H15FN2O4S. The molecule has 0 radical (unpaired) electrons. The summed E-state index contributed by atoms with van der Waals surface area (Å²) in [4.78, 5) is 11.7. The second kappa shape index (κ2) is 5.86. The first-order chi connectivity index (χ1) is 9.38. The lowest BCUT2D eigenvalue weighted by Gasteiger charge is -2.23. The third kappa shape index (κ3) is 3.53. The largest absolute Gasteiger partial charge is 0.379 e. The van der Waals surface area contributed by atoms with E-state index in [1.54, 1.807) is 0 Å². The average molecular weight is 302 g/mol. The maximum atomic E-state index is 13.6. The Kier molecular flexibility index (Phi) is 4.36. The third-order valence-electron chi connectivity index (χ3n) is 3.01. The molecule has 8 heteroatoms. The molecule has 2 rings (SSSR count). The number of primary sulfonamides is 1. The van der Waals surface area contributed by atoms with Crippen LogP contribution in [-0.4, -0.2) is 33.6 Å². The summed E-state index contributed by atoms with van der Waals surface area (Å²) in [5, 5.41) is 7.57. The normalized spacial score (nSPS) is 19.6. The molecule has 1 heterocycles. The van der Waals surface area contributed by atoms with Crippen LogP contribution in [0.1, 0.15) is 23.2 Å². The Hall–Kier alpha value is -1.51. The zero-order valence-corrected chi connectivity index (χ0v) is 11.5. The molecule has 1 aliphatic rings. The molecule has 1 unspecified atom stereocenters. The van der Waals surface area contributed by atoms with E-state index in [0.717, 1.165) is 31.0 Å². The van der Waals surface area contributed by atoms with Crippen molar-refractivity contribution in [2.75, 3.05) is 13.2 Å². The minimum Gasteiger partial charge on any atom is -0.379 e. The minimum atomic E-state index is -3.98. The second-order valence-electron chi connectivity index (χ2n) is 4.57. The van der Waals surface area contributed by atoms with Gasteiger partial charge in [0.25, 0.3) is 5.91 Å². The Morgan fingerprint density at radius 2 is 2.20 bits per heavy atom. The molecule has 1 amide bonds. The molecule has 0 bridgehead atoms. The van der Waals surface area contributed by atoms with Gasteiger partial charge in [0, 0.05) is 6.61 Å². The predicted molar refractivity (Wildman–Crippen MR) is 69.1 cm³/mol. The fourth-order valence-electron chi connectivity index (χ4n) is 1.97. The first-order valence-electron chi connectivity index (χ1n) is 6.09. The topological polar surface area (TPSA) is 98.5 Å². The van der Waals surface area contributed by atoms with E-state index in [2.05, 4.69) is 5.32 Å². The Balaban J connectivity index is 2.20. The van der Waals surface area contributed by atoms with Crippen molar-refractivity contribution >= 4 is 15.9 Å². The lowest BCUT2D eigenvalue weighted by atomic mass is 10.1. The average Bonchev–Trinajstić information content (AvgIpc) is 2.39. The highest BCUT2D eigenvalue weighted by molar-refractivity contribution is 7.89. The van der Waals surface area contributed by atoms with Gasteiger partial charge in [0.2, 0.25) is 10.0 Å². The van der Waals surface area contributed by atoms with Crippen molar-refractivity contribution < 1.29 is 22.3 Å². The molecule has 1 fully saturated rings. The van der Waals surface area contributed by atoms with Crippen molar-refractivity contribution in [2.24, 2.45) is 5.14 Å². The van der Waals surface area contributed by atoms with Crippen molar-refractivity contribution in [1.82, 2.24) is 5.32 Å². The summed E-state index contributed by atoms with van der Waals surface area (Å²) in [5.74, 6) is -1.48. The summed E-state index contributed by atoms with van der Waals surface area (Å²) in [7, 11) is -3.98. The molecule has 20 heavy (non-hydrogen) atoms. The Bertz CT molecular complexity index is 612. The molecule has 3 N–H and O–H groups in total. The van der Waals surface area contributed by atoms with Gasteiger partial charge < -0.3 is 10.1 Å². The number of rotatable bonds is 3. The number of hydrogen-bond acceptors (Lipinski definition) is 4. The van der Waals surface area contributed by atoms with Crippen LogP contribution in [0.15, 0.2) is 23.1 Å². The molecule has 1 aliphatic heterocycles. The molecular weight excluding hydrogens is 287 g/mol. The fourth-order valence-corrected chi connectivity index (χ4v) is 2.51. The molecule has 0 saturated carbocycles. The molecule has 0 aliphatic carbocycles. The number of halogens is 1. The van der Waals surface area contributed by atoms with E-state index in [0.29, 0.717) is 13.2 Å². The highest BCUT2D eigenvalue weighted by Gasteiger charge is 2.21. The first-order valence-corrected chi connectivity index (χ1v) is 7.63. The second-order valence-corrected chi connectivity index (χ2v) is 6.14. The van der Waals surface area contributed by atoms with Crippen LogP contribution in [0.4, 0.5) is 4.39 Å². The number of benzene rings is 1. The SMILES string of the molecule is NS(=O)(=O)c1ccc(F)c(C(=O)NC2CCCOC2)c1. The minimum absolute atomic E-state index is 0.200. The monoisotopic (exact) mass is 302 g/mol. The summed E-state index contributed by atoms with van der Waals surface area (Å²) in [6.07, 6.45) is 1.55. The standard InChI is InChI=1S/C12H15FN2O4S/c13-11-4-3-9(20(14,17)18)6-10(11)12(16)15-8-2-1-5-19-7-8/h3-4,6,8H,1-2,5,7H2,(H,15,16)(H2,14,17,18). The van der Waals surface area contributed by atoms with Crippen LogP contribution in [0.3, 0.4) is 0 Å². The van der Waals surface area contributed by atoms with E-state index in [9.17, 15) is 17.6 Å². The molecule has 0 spiro atoms. The van der Waals surface area contributed by atoms with Gasteiger partial charge in [0.15, 0.2) is 0 Å². The number of carbonyl (C=O) groups excluding carboxylic acids is 1. The molecule has 1 atom stereocenters. The van der Waals surface area contributed by atoms with E-state index in [-0.39, 0.29) is 16.5 Å². The van der Waals surface area contributed by atoms with Crippen LogP contribution in [0.5, 0.6) is 0 Å². The molecule has 1 aromatic rings. The molecule has 1 aromatic carbocycles. The van der Waals surface area contributed by atoms with Gasteiger partial charge in [-0.3, -0.25) is 4.79 Å². The summed E-state index contributed by atoms with van der Waals surface area (Å²) < 4.78 is 41.3. The smallest absolute Gasteiger partial charge is 0.254 e. The van der Waals surface area contributed by atoms with Crippen molar-refractivity contribution in [3.63, 3.8) is 0 Å². The number of hydrogen-bond donors (Lipinski definition) is 2. The predicted octanol–water partition coefficient (Wildman–Crippen LogP) is 0.382. The van der Waals surface area contributed by atoms with E-state index >= 15 is 0 Å². The van der Waals surface area contributed by atoms with E-state index < -0.39 is 21.7 Å². The van der Waals surface area contributed by atoms with Crippen LogP contribution in [0.2, 0.25) is 0 Å². The highest BCUT2D eigenvalue weighted by Crippen LogP contribution is 2.15. The lowest BCUT2D eigenvalue weighted by Crippen LogP contribution is -2.41. The Morgan fingerprint density at radius 1 is 1.45 bits per heavy atom. The van der Waals surface area contributed by atoms with E-state index in [1.807, 2.05) is 0 Å². The van der Waals surface area contributed by atoms with Crippen LogP contribution in [0, 0.1) is 5.82 Å². The maximum Gasteiger partial charge on any atom is 0.254 e. The molecule has 110 valence electrons. The highest BCUT2D eigenvalue weighted by atomic mass is 32.2. The van der Waals surface area contributed by atoms with Crippen LogP contribution in [0.25, 0.3) is 0 Å². The van der Waals surface area contributed by atoms with Gasteiger partial charge in [-0.15, -0.1) is 0 Å². The van der Waals surface area contributed by atoms with Crippen LogP contribution >= 0.6 is 0 Å². The van der Waals surface area contributed by atoms with Gasteiger partial charge >= 0.3 is 0 Å². The molecule has 0 aromatic heterocycles. The third-order valence-corrected chi connectivity index (χ3v) is 3.92. The quantitative estimate of drug-likeness (QED) is 0.843.